The normalized spacial score (nSPS) is 11.8. The molecule has 0 heterocycles. The van der Waals surface area contributed by atoms with Crippen molar-refractivity contribution in [1.82, 2.24) is 10.2 Å². The molecule has 0 saturated carbocycles. The molecule has 0 aliphatic rings. The first kappa shape index (κ1) is 32.3. The van der Waals surface area contributed by atoms with Gasteiger partial charge in [0.15, 0.2) is 0 Å². The number of ether oxygens (including phenoxy) is 1. The number of rotatable bonds is 14. The van der Waals surface area contributed by atoms with E-state index in [4.69, 9.17) is 4.74 Å². The van der Waals surface area contributed by atoms with Gasteiger partial charge in [0.05, 0.1) is 17.7 Å². The molecule has 0 aliphatic heterocycles. The molecule has 4 rings (SSSR count). The van der Waals surface area contributed by atoms with Gasteiger partial charge in [-0.25, -0.2) is 8.42 Å². The Hall–Kier alpha value is -4.63. The highest BCUT2D eigenvalue weighted by Gasteiger charge is 2.34. The van der Waals surface area contributed by atoms with E-state index >= 15 is 0 Å². The maximum absolute atomic E-state index is 14.4. The number of nitrogens with zero attached hydrogens (tertiary/aromatic N) is 2. The highest BCUT2D eigenvalue weighted by atomic mass is 32.2. The Morgan fingerprint density at radius 3 is 1.98 bits per heavy atom. The molecule has 0 bridgehead atoms. The third-order valence-electron chi connectivity index (χ3n) is 7.26. The zero-order chi connectivity index (χ0) is 31.5. The Morgan fingerprint density at radius 1 is 0.818 bits per heavy atom. The molecule has 0 aromatic heterocycles. The van der Waals surface area contributed by atoms with Gasteiger partial charge in [-0.1, -0.05) is 85.3 Å². The maximum Gasteiger partial charge on any atom is 0.264 e. The molecular weight excluding hydrogens is 574 g/mol. The monoisotopic (exact) mass is 613 g/mol. The van der Waals surface area contributed by atoms with E-state index in [-0.39, 0.29) is 23.8 Å². The van der Waals surface area contributed by atoms with Crippen molar-refractivity contribution in [1.29, 1.82) is 0 Å². The molecule has 9 heteroatoms. The second-order valence-corrected chi connectivity index (χ2v) is 12.4. The molecule has 8 nitrogen and oxygen atoms in total. The van der Waals surface area contributed by atoms with E-state index in [9.17, 15) is 18.0 Å². The van der Waals surface area contributed by atoms with Gasteiger partial charge in [-0.05, 0) is 60.9 Å². The van der Waals surface area contributed by atoms with E-state index in [0.717, 1.165) is 27.4 Å². The Kier molecular flexibility index (Phi) is 11.2. The number of carbonyl (C=O) groups excluding carboxylic acids is 2. The summed E-state index contributed by atoms with van der Waals surface area (Å²) in [5.74, 6) is -0.281. The predicted molar refractivity (Wildman–Crippen MR) is 173 cm³/mol. The van der Waals surface area contributed by atoms with E-state index < -0.39 is 28.5 Å². The average molecular weight is 614 g/mol. The van der Waals surface area contributed by atoms with Gasteiger partial charge in [-0.15, -0.1) is 0 Å². The zero-order valence-electron chi connectivity index (χ0n) is 25.3. The van der Waals surface area contributed by atoms with E-state index in [1.807, 2.05) is 74.5 Å². The molecule has 0 radical (unpaired) electrons. The first-order valence-electron chi connectivity index (χ1n) is 14.6. The number of sulfonamides is 1. The second kappa shape index (κ2) is 15.2. The van der Waals surface area contributed by atoms with Crippen LogP contribution >= 0.6 is 0 Å². The smallest absolute Gasteiger partial charge is 0.264 e. The van der Waals surface area contributed by atoms with Crippen LogP contribution in [-0.2, 0) is 32.6 Å². The van der Waals surface area contributed by atoms with E-state index in [1.54, 1.807) is 36.4 Å². The van der Waals surface area contributed by atoms with Gasteiger partial charge < -0.3 is 15.0 Å². The Morgan fingerprint density at radius 2 is 1.41 bits per heavy atom. The Balaban J connectivity index is 1.77. The van der Waals surface area contributed by atoms with Crippen LogP contribution in [-0.4, -0.2) is 51.4 Å². The minimum Gasteiger partial charge on any atom is -0.497 e. The summed E-state index contributed by atoms with van der Waals surface area (Å²) in [6.45, 7) is 3.95. The van der Waals surface area contributed by atoms with Crippen LogP contribution in [0.3, 0.4) is 0 Å². The summed E-state index contributed by atoms with van der Waals surface area (Å²) in [6, 6.07) is 31.0. The molecule has 0 fully saturated rings. The van der Waals surface area contributed by atoms with Gasteiger partial charge >= 0.3 is 0 Å². The van der Waals surface area contributed by atoms with Crippen molar-refractivity contribution < 1.29 is 22.7 Å². The van der Waals surface area contributed by atoms with Gasteiger partial charge in [0.25, 0.3) is 10.0 Å². The third-order valence-corrected chi connectivity index (χ3v) is 9.05. The minimum absolute atomic E-state index is 0.0165. The Labute approximate surface area is 260 Å². The van der Waals surface area contributed by atoms with Gasteiger partial charge in [-0.3, -0.25) is 13.9 Å². The SMILES string of the molecule is CCCNC(=O)[C@@H](Cc1ccccc1)N(Cc1ccccc1)C(=O)CN(c1ccc(C)cc1)S(=O)(=O)c1ccc(OC)cc1. The molecule has 0 aliphatic carbocycles. The molecular formula is C35H39N3O5S. The van der Waals surface area contributed by atoms with Crippen molar-refractivity contribution >= 4 is 27.5 Å². The lowest BCUT2D eigenvalue weighted by atomic mass is 10.0. The molecule has 230 valence electrons. The number of amides is 2. The maximum atomic E-state index is 14.4. The van der Waals surface area contributed by atoms with Gasteiger partial charge in [0.1, 0.15) is 18.3 Å². The van der Waals surface area contributed by atoms with Crippen LogP contribution in [0.4, 0.5) is 5.69 Å². The number of anilines is 1. The number of aryl methyl sites for hydroxylation is 1. The molecule has 4 aromatic carbocycles. The van der Waals surface area contributed by atoms with E-state index in [0.29, 0.717) is 18.0 Å². The van der Waals surface area contributed by atoms with Crippen LogP contribution in [0.2, 0.25) is 0 Å². The highest BCUT2D eigenvalue weighted by Crippen LogP contribution is 2.26. The number of hydrogen-bond acceptors (Lipinski definition) is 5. The molecule has 1 N–H and O–H groups in total. The van der Waals surface area contributed by atoms with Crippen LogP contribution in [0.15, 0.2) is 114 Å². The predicted octanol–water partition coefficient (Wildman–Crippen LogP) is 5.37. The summed E-state index contributed by atoms with van der Waals surface area (Å²) in [7, 11) is -2.68. The first-order chi connectivity index (χ1) is 21.2. The van der Waals surface area contributed by atoms with Gasteiger partial charge in [0.2, 0.25) is 11.8 Å². The van der Waals surface area contributed by atoms with Gasteiger partial charge in [-0.2, -0.15) is 0 Å². The fourth-order valence-electron chi connectivity index (χ4n) is 4.81. The second-order valence-electron chi connectivity index (χ2n) is 10.5. The molecule has 44 heavy (non-hydrogen) atoms. The topological polar surface area (TPSA) is 96.0 Å². The number of carbonyl (C=O) groups is 2. The van der Waals surface area contributed by atoms with Crippen molar-refractivity contribution in [3.63, 3.8) is 0 Å². The fourth-order valence-corrected chi connectivity index (χ4v) is 6.23. The minimum atomic E-state index is -4.18. The molecule has 0 unspecified atom stereocenters. The lowest BCUT2D eigenvalue weighted by Gasteiger charge is -2.34. The number of methoxy groups -OCH3 is 1. The van der Waals surface area contributed by atoms with Crippen molar-refractivity contribution in [3.8, 4) is 5.75 Å². The molecule has 1 atom stereocenters. The van der Waals surface area contributed by atoms with Crippen LogP contribution < -0.4 is 14.4 Å². The van der Waals surface area contributed by atoms with Crippen LogP contribution in [0.1, 0.15) is 30.0 Å². The van der Waals surface area contributed by atoms with Crippen molar-refractivity contribution in [2.24, 2.45) is 0 Å². The van der Waals surface area contributed by atoms with Crippen molar-refractivity contribution in [2.45, 2.75) is 44.2 Å². The zero-order valence-corrected chi connectivity index (χ0v) is 26.2. The third kappa shape index (κ3) is 8.26. The summed E-state index contributed by atoms with van der Waals surface area (Å²) in [5, 5.41) is 2.96. The largest absolute Gasteiger partial charge is 0.497 e. The molecule has 4 aromatic rings. The summed E-state index contributed by atoms with van der Waals surface area (Å²) in [5.41, 5.74) is 3.00. The standard InChI is InChI=1S/C35H39N3O5S/c1-4-23-36-35(40)33(24-28-11-7-5-8-12-28)37(25-29-13-9-6-10-14-29)34(39)26-38(30-17-15-27(2)16-18-30)44(41,42)32-21-19-31(43-3)20-22-32/h5-22,33H,4,23-26H2,1-3H3,(H,36,40)/t33-/m1/s1. The van der Waals surface area contributed by atoms with Crippen molar-refractivity contribution in [2.75, 3.05) is 24.5 Å². The van der Waals surface area contributed by atoms with E-state index in [2.05, 4.69) is 5.32 Å². The Bertz CT molecular complexity index is 1610. The summed E-state index contributed by atoms with van der Waals surface area (Å²) >= 11 is 0. The molecule has 0 saturated heterocycles. The summed E-state index contributed by atoms with van der Waals surface area (Å²) in [6.07, 6.45) is 1.00. The molecule has 2 amide bonds. The highest BCUT2D eigenvalue weighted by molar-refractivity contribution is 7.92. The van der Waals surface area contributed by atoms with Crippen LogP contribution in [0, 0.1) is 6.92 Å². The van der Waals surface area contributed by atoms with Crippen LogP contribution in [0.5, 0.6) is 5.75 Å². The lowest BCUT2D eigenvalue weighted by Crippen LogP contribution is -2.53. The number of hydrogen-bond donors (Lipinski definition) is 1. The number of nitrogens with one attached hydrogen (secondary N) is 1. The quantitative estimate of drug-likeness (QED) is 0.207. The first-order valence-corrected chi connectivity index (χ1v) is 16.1. The van der Waals surface area contributed by atoms with Crippen molar-refractivity contribution in [3.05, 3.63) is 126 Å². The lowest BCUT2D eigenvalue weighted by molar-refractivity contribution is -0.140. The summed E-state index contributed by atoms with van der Waals surface area (Å²) < 4.78 is 34.5. The fraction of sp³-hybridized carbons (Fsp3) is 0.257. The van der Waals surface area contributed by atoms with Crippen LogP contribution in [0.25, 0.3) is 0 Å². The molecule has 0 spiro atoms. The average Bonchev–Trinajstić information content (AvgIpc) is 3.05. The number of benzene rings is 4. The van der Waals surface area contributed by atoms with Gasteiger partial charge in [0, 0.05) is 19.5 Å². The van der Waals surface area contributed by atoms with E-state index in [1.165, 1.54) is 24.1 Å². The summed E-state index contributed by atoms with van der Waals surface area (Å²) in [4.78, 5) is 29.6.